The van der Waals surface area contributed by atoms with Gasteiger partial charge in [-0.1, -0.05) is 60.1 Å². The van der Waals surface area contributed by atoms with Crippen molar-refractivity contribution in [1.82, 2.24) is 9.97 Å². The summed E-state index contributed by atoms with van der Waals surface area (Å²) in [6.07, 6.45) is 1.26. The van der Waals surface area contributed by atoms with E-state index in [4.69, 9.17) is 37.9 Å². The number of amides is 1. The summed E-state index contributed by atoms with van der Waals surface area (Å²) < 4.78 is 5.23. The number of nitrogens with one attached hydrogen (secondary N) is 1. The Kier molecular flexibility index (Phi) is 7.63. The maximum atomic E-state index is 13.0. The van der Waals surface area contributed by atoms with Gasteiger partial charge < -0.3 is 10.1 Å². The van der Waals surface area contributed by atoms with Crippen molar-refractivity contribution in [3.63, 3.8) is 0 Å². The average molecular weight is 503 g/mol. The summed E-state index contributed by atoms with van der Waals surface area (Å²) in [6.45, 7) is 3.06. The number of hydrogen-bond acceptors (Lipinski definition) is 6. The number of ether oxygens (including phenoxy) is 1. The fourth-order valence-electron chi connectivity index (χ4n) is 3.52. The van der Waals surface area contributed by atoms with Gasteiger partial charge in [0.25, 0.3) is 0 Å². The van der Waals surface area contributed by atoms with E-state index in [0.717, 1.165) is 34.6 Å². The van der Waals surface area contributed by atoms with Crippen molar-refractivity contribution in [3.8, 4) is 5.75 Å². The van der Waals surface area contributed by atoms with Gasteiger partial charge in [-0.3, -0.25) is 9.69 Å². The predicted octanol–water partition coefficient (Wildman–Crippen LogP) is 6.00. The monoisotopic (exact) mass is 502 g/mol. The van der Waals surface area contributed by atoms with E-state index < -0.39 is 0 Å². The number of aromatic nitrogens is 2. The third-order valence-corrected chi connectivity index (χ3v) is 7.02. The van der Waals surface area contributed by atoms with E-state index in [1.807, 2.05) is 30.3 Å². The Balaban J connectivity index is 1.62. The molecular formula is C24H24Cl2N4O2S. The third-order valence-electron chi connectivity index (χ3n) is 5.23. The van der Waals surface area contributed by atoms with Gasteiger partial charge in [-0.05, 0) is 41.8 Å². The third kappa shape index (κ3) is 5.54. The van der Waals surface area contributed by atoms with Crippen molar-refractivity contribution in [2.45, 2.75) is 38.0 Å². The second-order valence-corrected chi connectivity index (χ2v) is 9.49. The molecule has 0 aliphatic carbocycles. The zero-order valence-electron chi connectivity index (χ0n) is 18.4. The first kappa shape index (κ1) is 23.7. The molecule has 1 aliphatic rings. The van der Waals surface area contributed by atoms with Crippen LogP contribution in [0.1, 0.15) is 30.0 Å². The number of nitrogens with zero attached hydrogens (tertiary/aromatic N) is 3. The molecule has 0 radical (unpaired) electrons. The molecule has 3 aromatic rings. The lowest BCUT2D eigenvalue weighted by Gasteiger charge is -2.18. The Hall–Kier alpha value is -2.48. The molecule has 9 heteroatoms. The molecular weight excluding hydrogens is 479 g/mol. The summed E-state index contributed by atoms with van der Waals surface area (Å²) in [6, 6.07) is 13.2. The lowest BCUT2D eigenvalue weighted by molar-refractivity contribution is -0.117. The minimum absolute atomic E-state index is 0.0180. The maximum absolute atomic E-state index is 13.0. The number of rotatable bonds is 9. The smallest absolute Gasteiger partial charge is 0.233 e. The molecule has 33 heavy (non-hydrogen) atoms. The van der Waals surface area contributed by atoms with Gasteiger partial charge >= 0.3 is 0 Å². The molecule has 6 nitrogen and oxygen atoms in total. The minimum atomic E-state index is -0.0180. The standard InChI is InChI=1S/C24H24Cl2N4O2S/c1-3-10-33-24-28-22(27-13-15-4-7-17(32-2)8-5-15)18-12-21(31)30(23(18)29-24)14-16-6-9-19(25)20(26)11-16/h4-9,11H,3,10,12-14H2,1-2H3,(H,27,28,29). The van der Waals surface area contributed by atoms with Crippen LogP contribution in [0, 0.1) is 0 Å². The highest BCUT2D eigenvalue weighted by Crippen LogP contribution is 2.36. The number of halogens is 2. The molecule has 1 amide bonds. The summed E-state index contributed by atoms with van der Waals surface area (Å²) in [7, 11) is 1.65. The van der Waals surface area contributed by atoms with E-state index in [0.29, 0.717) is 39.9 Å². The number of thioether (sulfide) groups is 1. The summed E-state index contributed by atoms with van der Waals surface area (Å²) >= 11 is 13.8. The van der Waals surface area contributed by atoms with Crippen molar-refractivity contribution in [1.29, 1.82) is 0 Å². The number of benzene rings is 2. The highest BCUT2D eigenvalue weighted by atomic mass is 35.5. The van der Waals surface area contributed by atoms with Gasteiger partial charge in [0.1, 0.15) is 17.4 Å². The lowest BCUT2D eigenvalue weighted by atomic mass is 10.2. The fraction of sp³-hybridized carbons (Fsp3) is 0.292. The van der Waals surface area contributed by atoms with Gasteiger partial charge in [0.15, 0.2) is 5.16 Å². The molecule has 172 valence electrons. The first-order chi connectivity index (χ1) is 16.0. The van der Waals surface area contributed by atoms with Crippen LogP contribution in [0.3, 0.4) is 0 Å². The molecule has 1 N–H and O–H groups in total. The number of methoxy groups -OCH3 is 1. The van der Waals surface area contributed by atoms with E-state index in [-0.39, 0.29) is 12.3 Å². The van der Waals surface area contributed by atoms with Gasteiger partial charge in [0.05, 0.1) is 30.1 Å². The fourth-order valence-corrected chi connectivity index (χ4v) is 4.53. The zero-order chi connectivity index (χ0) is 23.4. The molecule has 2 heterocycles. The van der Waals surface area contributed by atoms with E-state index in [2.05, 4.69) is 12.2 Å². The van der Waals surface area contributed by atoms with Crippen LogP contribution in [0.2, 0.25) is 10.0 Å². The maximum Gasteiger partial charge on any atom is 0.233 e. The first-order valence-corrected chi connectivity index (χ1v) is 12.4. The number of fused-ring (bicyclic) bond motifs is 1. The van der Waals surface area contributed by atoms with Gasteiger partial charge in [-0.2, -0.15) is 0 Å². The quantitative estimate of drug-likeness (QED) is 0.286. The molecule has 0 spiro atoms. The lowest BCUT2D eigenvalue weighted by Crippen LogP contribution is -2.26. The molecule has 1 aliphatic heterocycles. The van der Waals surface area contributed by atoms with Crippen LogP contribution >= 0.6 is 35.0 Å². The first-order valence-electron chi connectivity index (χ1n) is 10.6. The Morgan fingerprint density at radius 3 is 2.55 bits per heavy atom. The Morgan fingerprint density at radius 2 is 1.85 bits per heavy atom. The van der Waals surface area contributed by atoms with Gasteiger partial charge in [-0.25, -0.2) is 9.97 Å². The van der Waals surface area contributed by atoms with Crippen LogP contribution in [0.15, 0.2) is 47.6 Å². The van der Waals surface area contributed by atoms with Gasteiger partial charge in [0.2, 0.25) is 5.91 Å². The molecule has 2 aromatic carbocycles. The van der Waals surface area contributed by atoms with Crippen molar-refractivity contribution in [2.75, 3.05) is 23.1 Å². The zero-order valence-corrected chi connectivity index (χ0v) is 20.7. The molecule has 0 unspecified atom stereocenters. The SMILES string of the molecule is CCCSc1nc(NCc2ccc(OC)cc2)c2c(n1)N(Cc1ccc(Cl)c(Cl)c1)C(=O)C2. The highest BCUT2D eigenvalue weighted by Gasteiger charge is 2.32. The van der Waals surface area contributed by atoms with E-state index >= 15 is 0 Å². The molecule has 0 saturated carbocycles. The van der Waals surface area contributed by atoms with Crippen LogP contribution in [0.4, 0.5) is 11.6 Å². The summed E-state index contributed by atoms with van der Waals surface area (Å²) in [5.41, 5.74) is 2.79. The number of carbonyl (C=O) groups is 1. The van der Waals surface area contributed by atoms with Crippen molar-refractivity contribution >= 4 is 52.5 Å². The van der Waals surface area contributed by atoms with Crippen molar-refractivity contribution in [2.24, 2.45) is 0 Å². The second-order valence-electron chi connectivity index (χ2n) is 7.61. The van der Waals surface area contributed by atoms with Crippen LogP contribution in [-0.4, -0.2) is 28.7 Å². The van der Waals surface area contributed by atoms with E-state index in [1.54, 1.807) is 35.9 Å². The Bertz CT molecular complexity index is 1160. The number of anilines is 2. The van der Waals surface area contributed by atoms with Gasteiger partial charge in [0, 0.05) is 17.9 Å². The molecule has 4 rings (SSSR count). The van der Waals surface area contributed by atoms with Crippen molar-refractivity contribution < 1.29 is 9.53 Å². The Morgan fingerprint density at radius 1 is 1.09 bits per heavy atom. The largest absolute Gasteiger partial charge is 0.497 e. The summed E-state index contributed by atoms with van der Waals surface area (Å²) in [5.74, 6) is 3.03. The minimum Gasteiger partial charge on any atom is -0.497 e. The normalized spacial score (nSPS) is 12.7. The van der Waals surface area contributed by atoms with Gasteiger partial charge in [-0.15, -0.1) is 0 Å². The highest BCUT2D eigenvalue weighted by molar-refractivity contribution is 7.99. The topological polar surface area (TPSA) is 67.4 Å². The second kappa shape index (κ2) is 10.6. The molecule has 0 atom stereocenters. The molecule has 1 aromatic heterocycles. The van der Waals surface area contributed by atoms with E-state index in [1.165, 1.54) is 0 Å². The average Bonchev–Trinajstić information content (AvgIpc) is 3.14. The number of carbonyl (C=O) groups excluding carboxylic acids is 1. The predicted molar refractivity (Wildman–Crippen MR) is 135 cm³/mol. The van der Waals surface area contributed by atoms with Crippen LogP contribution in [0.25, 0.3) is 0 Å². The van der Waals surface area contributed by atoms with Crippen LogP contribution in [-0.2, 0) is 24.3 Å². The van der Waals surface area contributed by atoms with E-state index in [9.17, 15) is 4.79 Å². The Labute approximate surface area is 207 Å². The molecule has 0 saturated heterocycles. The number of hydrogen-bond donors (Lipinski definition) is 1. The molecule has 0 bridgehead atoms. The molecule has 0 fully saturated rings. The summed E-state index contributed by atoms with van der Waals surface area (Å²) in [4.78, 5) is 24.1. The van der Waals surface area contributed by atoms with Crippen LogP contribution in [0.5, 0.6) is 5.75 Å². The van der Waals surface area contributed by atoms with Crippen LogP contribution < -0.4 is 15.0 Å². The van der Waals surface area contributed by atoms with Crippen molar-refractivity contribution in [3.05, 3.63) is 69.2 Å². The summed E-state index contributed by atoms with van der Waals surface area (Å²) in [5, 5.41) is 5.02.